The number of nitrogens with one attached hydrogen (secondary N) is 1. The number of rotatable bonds is 6. The molecule has 0 aliphatic heterocycles. The molecule has 0 radical (unpaired) electrons. The maximum atomic E-state index is 12.6. The van der Waals surface area contributed by atoms with Gasteiger partial charge in [0.2, 0.25) is 5.91 Å². The molecule has 18 heavy (non-hydrogen) atoms. The van der Waals surface area contributed by atoms with Crippen LogP contribution in [0.25, 0.3) is 0 Å². The summed E-state index contributed by atoms with van der Waals surface area (Å²) in [6, 6.07) is 1.70. The highest BCUT2D eigenvalue weighted by Crippen LogP contribution is 2.19. The zero-order valence-corrected chi connectivity index (χ0v) is 9.94. The Labute approximate surface area is 103 Å². The van der Waals surface area contributed by atoms with Gasteiger partial charge in [0.05, 0.1) is 6.07 Å². The molecule has 5 nitrogen and oxygen atoms in total. The lowest BCUT2D eigenvalue weighted by atomic mass is 10.1. The van der Waals surface area contributed by atoms with Crippen molar-refractivity contribution in [1.82, 2.24) is 14.9 Å². The molecule has 1 heterocycles. The number of halogens is 2. The molecule has 1 N–H and O–H groups in total. The fourth-order valence-electron chi connectivity index (χ4n) is 1.44. The predicted molar refractivity (Wildman–Crippen MR) is 59.8 cm³/mol. The van der Waals surface area contributed by atoms with Crippen LogP contribution in [0.4, 0.5) is 8.78 Å². The topological polar surface area (TPSA) is 70.7 Å². The molecule has 1 unspecified atom stereocenters. The average Bonchev–Trinajstić information content (AvgIpc) is 2.79. The highest BCUT2D eigenvalue weighted by molar-refractivity contribution is 5.85. The first-order valence-corrected chi connectivity index (χ1v) is 5.60. The third-order valence-corrected chi connectivity index (χ3v) is 2.39. The van der Waals surface area contributed by atoms with Crippen LogP contribution < -0.4 is 5.32 Å². The largest absolute Gasteiger partial charge is 0.355 e. The molecule has 0 aliphatic rings. The van der Waals surface area contributed by atoms with Crippen LogP contribution in [0.15, 0.2) is 12.4 Å². The number of aromatic nitrogens is 2. The van der Waals surface area contributed by atoms with Gasteiger partial charge >= 0.3 is 6.55 Å². The summed E-state index contributed by atoms with van der Waals surface area (Å²) in [5.41, 5.74) is 0. The summed E-state index contributed by atoms with van der Waals surface area (Å²) in [5, 5.41) is 11.5. The van der Waals surface area contributed by atoms with E-state index in [4.69, 9.17) is 5.26 Å². The number of unbranched alkanes of at least 4 members (excludes halogenated alkanes) is 1. The van der Waals surface area contributed by atoms with Crippen LogP contribution in [-0.2, 0) is 4.79 Å². The number of amides is 1. The normalized spacial score (nSPS) is 12.2. The monoisotopic (exact) mass is 256 g/mol. The number of hydrogen-bond acceptors (Lipinski definition) is 3. The summed E-state index contributed by atoms with van der Waals surface area (Å²) < 4.78 is 25.7. The summed E-state index contributed by atoms with van der Waals surface area (Å²) in [7, 11) is 0. The Morgan fingerprint density at radius 2 is 2.39 bits per heavy atom. The van der Waals surface area contributed by atoms with E-state index in [2.05, 4.69) is 10.3 Å². The minimum atomic E-state index is -2.82. The van der Waals surface area contributed by atoms with Crippen LogP contribution in [0, 0.1) is 11.3 Å². The second-order valence-corrected chi connectivity index (χ2v) is 3.68. The quantitative estimate of drug-likeness (QED) is 0.789. The Kier molecular flexibility index (Phi) is 5.24. The Morgan fingerprint density at radius 1 is 1.67 bits per heavy atom. The fourth-order valence-corrected chi connectivity index (χ4v) is 1.44. The number of nitrogens with zero attached hydrogens (tertiary/aromatic N) is 3. The van der Waals surface area contributed by atoms with Gasteiger partial charge in [-0.1, -0.05) is 13.3 Å². The predicted octanol–water partition coefficient (Wildman–Crippen LogP) is 1.80. The Balaban J connectivity index is 2.80. The van der Waals surface area contributed by atoms with E-state index in [1.165, 1.54) is 0 Å². The maximum absolute atomic E-state index is 12.6. The van der Waals surface area contributed by atoms with E-state index in [-0.39, 0.29) is 5.82 Å². The highest BCUT2D eigenvalue weighted by Gasteiger charge is 2.26. The molecule has 1 amide bonds. The fraction of sp³-hybridized carbons (Fsp3) is 0.545. The van der Waals surface area contributed by atoms with Crippen molar-refractivity contribution in [2.75, 3.05) is 6.54 Å². The molecular weight excluding hydrogens is 242 g/mol. The van der Waals surface area contributed by atoms with Crippen LogP contribution in [0.5, 0.6) is 0 Å². The van der Waals surface area contributed by atoms with Gasteiger partial charge in [0.15, 0.2) is 5.92 Å². The van der Waals surface area contributed by atoms with Crippen molar-refractivity contribution < 1.29 is 13.6 Å². The highest BCUT2D eigenvalue weighted by atomic mass is 19.3. The molecule has 0 bridgehead atoms. The Bertz CT molecular complexity index is 438. The molecular formula is C11H14F2N4O. The van der Waals surface area contributed by atoms with E-state index in [0.29, 0.717) is 11.1 Å². The van der Waals surface area contributed by atoms with Gasteiger partial charge in [-0.15, -0.1) is 0 Å². The molecule has 0 saturated carbocycles. The smallest absolute Gasteiger partial charge is 0.319 e. The summed E-state index contributed by atoms with van der Waals surface area (Å²) >= 11 is 0. The number of carbonyl (C=O) groups excluding carboxylic acids is 1. The molecule has 7 heteroatoms. The lowest BCUT2D eigenvalue weighted by molar-refractivity contribution is -0.121. The first kappa shape index (κ1) is 14.1. The summed E-state index contributed by atoms with van der Waals surface area (Å²) in [6.07, 6.45) is 3.85. The minimum absolute atomic E-state index is 0.235. The first-order valence-electron chi connectivity index (χ1n) is 5.60. The summed E-state index contributed by atoms with van der Waals surface area (Å²) in [5.74, 6) is -2.15. The molecule has 0 aliphatic carbocycles. The van der Waals surface area contributed by atoms with Crippen molar-refractivity contribution in [3.63, 3.8) is 0 Å². The van der Waals surface area contributed by atoms with E-state index < -0.39 is 18.4 Å². The Morgan fingerprint density at radius 3 is 2.94 bits per heavy atom. The number of hydrogen-bond donors (Lipinski definition) is 1. The molecule has 1 rings (SSSR count). The summed E-state index contributed by atoms with van der Waals surface area (Å²) in [6.45, 7) is -0.442. The van der Waals surface area contributed by atoms with E-state index in [1.807, 2.05) is 6.92 Å². The van der Waals surface area contributed by atoms with Crippen molar-refractivity contribution in [2.24, 2.45) is 0 Å². The van der Waals surface area contributed by atoms with Gasteiger partial charge < -0.3 is 5.32 Å². The van der Waals surface area contributed by atoms with Crippen molar-refractivity contribution in [3.05, 3.63) is 18.2 Å². The third-order valence-electron chi connectivity index (χ3n) is 2.39. The zero-order valence-electron chi connectivity index (χ0n) is 9.94. The van der Waals surface area contributed by atoms with Crippen LogP contribution >= 0.6 is 0 Å². The molecule has 1 aromatic heterocycles. The first-order chi connectivity index (χ1) is 8.61. The Hall–Kier alpha value is -1.97. The van der Waals surface area contributed by atoms with E-state index >= 15 is 0 Å². The standard InChI is InChI=1S/C11H14F2N4O/c1-2-3-4-16-10(18)8(7-14)9-15-5-6-17(9)11(12)13/h5-6,8,11H,2-4H2,1H3,(H,16,18). The van der Waals surface area contributed by atoms with Gasteiger partial charge in [0, 0.05) is 18.9 Å². The van der Waals surface area contributed by atoms with E-state index in [1.54, 1.807) is 6.07 Å². The van der Waals surface area contributed by atoms with Crippen LogP contribution in [0.2, 0.25) is 0 Å². The second kappa shape index (κ2) is 6.69. The third kappa shape index (κ3) is 3.26. The molecule has 0 aromatic carbocycles. The van der Waals surface area contributed by atoms with Gasteiger partial charge in [-0.25, -0.2) is 4.98 Å². The molecule has 98 valence electrons. The average molecular weight is 256 g/mol. The molecule has 0 saturated heterocycles. The van der Waals surface area contributed by atoms with E-state index in [0.717, 1.165) is 25.2 Å². The van der Waals surface area contributed by atoms with Gasteiger partial charge in [0.25, 0.3) is 0 Å². The number of alkyl halides is 2. The van der Waals surface area contributed by atoms with Gasteiger partial charge in [-0.2, -0.15) is 14.0 Å². The molecule has 1 aromatic rings. The maximum Gasteiger partial charge on any atom is 0.319 e. The van der Waals surface area contributed by atoms with Gasteiger partial charge in [-0.3, -0.25) is 9.36 Å². The SMILES string of the molecule is CCCCNC(=O)C(C#N)c1nccn1C(F)F. The number of nitriles is 1. The lowest BCUT2D eigenvalue weighted by Crippen LogP contribution is -2.31. The van der Waals surface area contributed by atoms with Crippen molar-refractivity contribution in [1.29, 1.82) is 5.26 Å². The van der Waals surface area contributed by atoms with Crippen molar-refractivity contribution >= 4 is 5.91 Å². The summed E-state index contributed by atoms with van der Waals surface area (Å²) in [4.78, 5) is 15.3. The minimum Gasteiger partial charge on any atom is -0.355 e. The van der Waals surface area contributed by atoms with Crippen LogP contribution in [-0.4, -0.2) is 22.0 Å². The van der Waals surface area contributed by atoms with Crippen LogP contribution in [0.1, 0.15) is 38.1 Å². The lowest BCUT2D eigenvalue weighted by Gasteiger charge is -2.11. The van der Waals surface area contributed by atoms with Crippen molar-refractivity contribution in [3.8, 4) is 6.07 Å². The molecule has 0 fully saturated rings. The number of carbonyl (C=O) groups is 1. The molecule has 0 spiro atoms. The van der Waals surface area contributed by atoms with Crippen molar-refractivity contribution in [2.45, 2.75) is 32.2 Å². The second-order valence-electron chi connectivity index (χ2n) is 3.68. The zero-order chi connectivity index (χ0) is 13.5. The van der Waals surface area contributed by atoms with Gasteiger partial charge in [-0.05, 0) is 6.42 Å². The van der Waals surface area contributed by atoms with Gasteiger partial charge in [0.1, 0.15) is 5.82 Å². The van der Waals surface area contributed by atoms with E-state index in [9.17, 15) is 13.6 Å². The van der Waals surface area contributed by atoms with Crippen LogP contribution in [0.3, 0.4) is 0 Å². The number of imidazole rings is 1. The molecule has 1 atom stereocenters.